The molecule has 2 aliphatic heterocycles. The Morgan fingerprint density at radius 2 is 1.77 bits per heavy atom. The average molecular weight is 560 g/mol. The van der Waals surface area contributed by atoms with Gasteiger partial charge >= 0.3 is 0 Å². The first-order valence-electron chi connectivity index (χ1n) is 13.7. The summed E-state index contributed by atoms with van der Waals surface area (Å²) in [5.74, 6) is 0.547. The summed E-state index contributed by atoms with van der Waals surface area (Å²) in [5.41, 5.74) is 3.24. The fourth-order valence-electron chi connectivity index (χ4n) is 5.71. The number of benzene rings is 2. The average Bonchev–Trinajstić information content (AvgIpc) is 3.61. The number of pyridine rings is 1. The molecule has 4 heterocycles. The van der Waals surface area contributed by atoms with Crippen molar-refractivity contribution in [1.29, 1.82) is 0 Å². The Bertz CT molecular complexity index is 1500. The van der Waals surface area contributed by atoms with Crippen molar-refractivity contribution in [1.82, 2.24) is 24.4 Å². The van der Waals surface area contributed by atoms with Gasteiger partial charge in [-0.25, -0.2) is 4.52 Å². The van der Waals surface area contributed by atoms with Crippen LogP contribution >= 0.6 is 11.6 Å². The maximum atomic E-state index is 13.0. The van der Waals surface area contributed by atoms with Crippen molar-refractivity contribution in [3.8, 4) is 0 Å². The summed E-state index contributed by atoms with van der Waals surface area (Å²) >= 11 is 6.04. The van der Waals surface area contributed by atoms with E-state index in [1.807, 2.05) is 71.8 Å². The summed E-state index contributed by atoms with van der Waals surface area (Å²) in [6.07, 6.45) is 4.09. The number of likely N-dealkylation sites (tertiary alicyclic amines) is 1. The topological polar surface area (TPSA) is 89.2 Å². The molecule has 1 unspecified atom stereocenters. The molecular weight excluding hydrogens is 526 g/mol. The number of hydrogen-bond donors (Lipinski definition) is 2. The van der Waals surface area contributed by atoms with E-state index < -0.39 is 5.60 Å². The molecule has 40 heavy (non-hydrogen) atoms. The molecule has 2 aromatic heterocycles. The molecule has 2 N–H and O–H groups in total. The molecule has 4 aromatic rings. The van der Waals surface area contributed by atoms with Crippen LogP contribution in [0.4, 0.5) is 17.3 Å². The lowest BCUT2D eigenvalue weighted by Crippen LogP contribution is -2.42. The molecule has 1 amide bonds. The summed E-state index contributed by atoms with van der Waals surface area (Å²) in [4.78, 5) is 24.1. The van der Waals surface area contributed by atoms with Gasteiger partial charge in [0.2, 0.25) is 5.95 Å². The number of nitrogens with one attached hydrogen (secondary N) is 1. The molecule has 2 saturated heterocycles. The maximum Gasteiger partial charge on any atom is 0.253 e. The highest BCUT2D eigenvalue weighted by Crippen LogP contribution is 2.36. The summed E-state index contributed by atoms with van der Waals surface area (Å²) in [5, 5.41) is 19.9. The van der Waals surface area contributed by atoms with Crippen LogP contribution in [0.5, 0.6) is 0 Å². The highest BCUT2D eigenvalue weighted by atomic mass is 35.5. The number of anilines is 3. The van der Waals surface area contributed by atoms with Crippen molar-refractivity contribution in [3.05, 3.63) is 83.0 Å². The molecule has 2 aliphatic rings. The Hall–Kier alpha value is -3.66. The number of aliphatic hydroxyl groups is 1. The van der Waals surface area contributed by atoms with Gasteiger partial charge in [0.25, 0.3) is 5.91 Å². The van der Waals surface area contributed by atoms with Crippen LogP contribution < -0.4 is 10.2 Å². The zero-order valence-corrected chi connectivity index (χ0v) is 23.6. The molecule has 0 saturated carbocycles. The van der Waals surface area contributed by atoms with E-state index in [4.69, 9.17) is 16.6 Å². The second-order valence-electron chi connectivity index (χ2n) is 11.0. The van der Waals surface area contributed by atoms with Crippen molar-refractivity contribution in [3.63, 3.8) is 0 Å². The number of rotatable bonds is 6. The number of carbonyl (C=O) groups is 1. The van der Waals surface area contributed by atoms with Crippen molar-refractivity contribution in [2.45, 2.75) is 30.9 Å². The van der Waals surface area contributed by atoms with Crippen LogP contribution in [0.25, 0.3) is 5.65 Å². The first-order chi connectivity index (χ1) is 19.3. The molecule has 6 rings (SSSR count). The van der Waals surface area contributed by atoms with E-state index in [-0.39, 0.29) is 5.91 Å². The molecule has 2 aromatic carbocycles. The zero-order valence-electron chi connectivity index (χ0n) is 22.8. The van der Waals surface area contributed by atoms with Gasteiger partial charge in [0.05, 0.1) is 11.3 Å². The van der Waals surface area contributed by atoms with Gasteiger partial charge in [0.1, 0.15) is 0 Å². The SMILES string of the molecule is CN(C)C1CCN(C(=O)c2ccc(Nc3nc4c(N5CCC(O)(c6ccc(Cl)cc6)CC5)cccn4n3)cc2)C1. The Morgan fingerprint density at radius 1 is 1.05 bits per heavy atom. The third-order valence-electron chi connectivity index (χ3n) is 8.22. The third-order valence-corrected chi connectivity index (χ3v) is 8.48. The van der Waals surface area contributed by atoms with Crippen LogP contribution in [0, 0.1) is 0 Å². The highest BCUT2D eigenvalue weighted by molar-refractivity contribution is 6.30. The molecule has 0 spiro atoms. The smallest absolute Gasteiger partial charge is 0.253 e. The van der Waals surface area contributed by atoms with E-state index in [0.717, 1.165) is 42.1 Å². The van der Waals surface area contributed by atoms with Gasteiger partial charge < -0.3 is 25.1 Å². The van der Waals surface area contributed by atoms with E-state index >= 15 is 0 Å². The predicted molar refractivity (Wildman–Crippen MR) is 158 cm³/mol. The number of amides is 1. The van der Waals surface area contributed by atoms with Crippen LogP contribution in [0.15, 0.2) is 66.9 Å². The van der Waals surface area contributed by atoms with Gasteiger partial charge in [0, 0.05) is 54.7 Å². The monoisotopic (exact) mass is 559 g/mol. The lowest BCUT2D eigenvalue weighted by Gasteiger charge is -2.39. The summed E-state index contributed by atoms with van der Waals surface area (Å²) in [6, 6.07) is 19.4. The Kier molecular flexibility index (Phi) is 7.12. The van der Waals surface area contributed by atoms with Crippen molar-refractivity contribution >= 4 is 40.5 Å². The van der Waals surface area contributed by atoms with Crippen LogP contribution in [0.2, 0.25) is 5.02 Å². The summed E-state index contributed by atoms with van der Waals surface area (Å²) in [6.45, 7) is 2.93. The quantitative estimate of drug-likeness (QED) is 0.362. The fourth-order valence-corrected chi connectivity index (χ4v) is 5.84. The van der Waals surface area contributed by atoms with E-state index in [2.05, 4.69) is 34.3 Å². The van der Waals surface area contributed by atoms with E-state index in [9.17, 15) is 9.90 Å². The first-order valence-corrected chi connectivity index (χ1v) is 14.1. The number of hydrogen-bond acceptors (Lipinski definition) is 7. The molecular formula is C30H34ClN7O2. The number of nitrogens with zero attached hydrogens (tertiary/aromatic N) is 6. The second-order valence-corrected chi connectivity index (χ2v) is 11.4. The highest BCUT2D eigenvalue weighted by Gasteiger charge is 2.35. The maximum absolute atomic E-state index is 13.0. The molecule has 9 nitrogen and oxygen atoms in total. The van der Waals surface area contributed by atoms with E-state index in [0.29, 0.717) is 48.5 Å². The minimum atomic E-state index is -0.872. The fraction of sp³-hybridized carbons (Fsp3) is 0.367. The molecule has 0 aliphatic carbocycles. The van der Waals surface area contributed by atoms with Crippen LogP contribution in [-0.2, 0) is 5.60 Å². The summed E-state index contributed by atoms with van der Waals surface area (Å²) < 4.78 is 1.77. The standard InChI is InChI=1S/C30H34ClN7O2/c1-35(2)25-13-17-37(20-25)28(39)21-5-11-24(12-6-21)32-29-33-27-26(4-3-16-38(27)34-29)36-18-14-30(40,15-19-36)22-7-9-23(31)10-8-22/h3-12,16,25,40H,13-15,17-20H2,1-2H3,(H,32,34). The van der Waals surface area contributed by atoms with Gasteiger partial charge in [-0.2, -0.15) is 4.98 Å². The molecule has 1 atom stereocenters. The predicted octanol–water partition coefficient (Wildman–Crippen LogP) is 4.39. The second kappa shape index (κ2) is 10.7. The molecule has 10 heteroatoms. The summed E-state index contributed by atoms with van der Waals surface area (Å²) in [7, 11) is 4.12. The Balaban J connectivity index is 1.13. The number of fused-ring (bicyclic) bond motifs is 1. The lowest BCUT2D eigenvalue weighted by molar-refractivity contribution is 0.0118. The van der Waals surface area contributed by atoms with E-state index in [1.54, 1.807) is 4.52 Å². The molecule has 208 valence electrons. The molecule has 0 radical (unpaired) electrons. The number of likely N-dealkylation sites (N-methyl/N-ethyl adjacent to an activating group) is 1. The number of aromatic nitrogens is 3. The Morgan fingerprint density at radius 3 is 2.45 bits per heavy atom. The van der Waals surface area contributed by atoms with Crippen LogP contribution in [0.3, 0.4) is 0 Å². The van der Waals surface area contributed by atoms with Gasteiger partial charge in [-0.05, 0) is 87.5 Å². The lowest BCUT2D eigenvalue weighted by atomic mass is 9.84. The van der Waals surface area contributed by atoms with Gasteiger partial charge in [-0.15, -0.1) is 5.10 Å². The van der Waals surface area contributed by atoms with Gasteiger partial charge in [-0.1, -0.05) is 23.7 Å². The van der Waals surface area contributed by atoms with E-state index in [1.165, 1.54) is 0 Å². The van der Waals surface area contributed by atoms with Crippen LogP contribution in [0.1, 0.15) is 35.2 Å². The van der Waals surface area contributed by atoms with Crippen molar-refractivity contribution in [2.24, 2.45) is 0 Å². The molecule has 2 fully saturated rings. The van der Waals surface area contributed by atoms with Crippen molar-refractivity contribution in [2.75, 3.05) is 50.5 Å². The van der Waals surface area contributed by atoms with Crippen LogP contribution in [-0.4, -0.2) is 81.7 Å². The largest absolute Gasteiger partial charge is 0.385 e. The number of piperidine rings is 1. The zero-order chi connectivity index (χ0) is 27.9. The normalized spacial score (nSPS) is 19.0. The molecule has 0 bridgehead atoms. The third kappa shape index (κ3) is 5.24. The minimum Gasteiger partial charge on any atom is -0.385 e. The van der Waals surface area contributed by atoms with Crippen molar-refractivity contribution < 1.29 is 9.90 Å². The van der Waals surface area contributed by atoms with Gasteiger partial charge in [-0.3, -0.25) is 4.79 Å². The number of halogens is 1. The number of carbonyl (C=O) groups excluding carboxylic acids is 1. The first kappa shape index (κ1) is 26.6. The minimum absolute atomic E-state index is 0.0656. The van der Waals surface area contributed by atoms with Gasteiger partial charge in [0.15, 0.2) is 5.65 Å². The Labute approximate surface area is 239 Å².